The molecule has 3 N–H and O–H groups in total. The molecule has 0 fully saturated rings. The number of carbonyl (C=O) groups excluding carboxylic acids is 1. The van der Waals surface area contributed by atoms with Gasteiger partial charge in [0, 0.05) is 0 Å². The molecule has 0 bridgehead atoms. The molecule has 0 aliphatic carbocycles. The minimum Gasteiger partial charge on any atom is -0.488 e. The third-order valence-electron chi connectivity index (χ3n) is 2.86. The molecule has 5 nitrogen and oxygen atoms in total. The van der Waals surface area contributed by atoms with E-state index in [0.29, 0.717) is 0 Å². The number of hydrazone groups is 1. The summed E-state index contributed by atoms with van der Waals surface area (Å²) >= 11 is 0. The molecule has 0 saturated heterocycles. The largest absolute Gasteiger partial charge is 0.488 e. The Morgan fingerprint density at radius 1 is 1.56 bits per heavy atom. The fourth-order valence-electron chi connectivity index (χ4n) is 1.93. The third kappa shape index (κ3) is 3.00. The van der Waals surface area contributed by atoms with Crippen molar-refractivity contribution in [2.45, 2.75) is 32.3 Å². The lowest BCUT2D eigenvalue weighted by molar-refractivity contribution is 0.0847. The average Bonchev–Trinajstić information content (AvgIpc) is 2.28. The molecule has 1 aliphatic rings. The van der Waals surface area contributed by atoms with E-state index in [9.17, 15) is 4.79 Å². The molecule has 1 aromatic carbocycles. The molecule has 0 radical (unpaired) electrons. The van der Waals surface area contributed by atoms with Crippen molar-refractivity contribution in [3.63, 3.8) is 0 Å². The van der Waals surface area contributed by atoms with Gasteiger partial charge in [0.25, 0.3) is 0 Å². The van der Waals surface area contributed by atoms with Crippen molar-refractivity contribution >= 4 is 12.2 Å². The molecule has 18 heavy (non-hydrogen) atoms. The maximum atomic E-state index is 10.5. The fourth-order valence-corrected chi connectivity index (χ4v) is 1.93. The van der Waals surface area contributed by atoms with E-state index in [1.165, 1.54) is 0 Å². The highest BCUT2D eigenvalue weighted by Gasteiger charge is 2.26. The zero-order valence-electron chi connectivity index (χ0n) is 10.6. The molecule has 0 unspecified atom stereocenters. The number of hydrogen-bond donors (Lipinski definition) is 2. The van der Waals surface area contributed by atoms with Gasteiger partial charge in [-0.15, -0.1) is 0 Å². The molecule has 2 amide bonds. The van der Waals surface area contributed by atoms with Crippen molar-refractivity contribution in [2.24, 2.45) is 10.8 Å². The van der Waals surface area contributed by atoms with Crippen LogP contribution in [-0.2, 0) is 6.42 Å². The second-order valence-electron chi connectivity index (χ2n) is 4.96. The molecule has 96 valence electrons. The number of fused-ring (bicyclic) bond motifs is 1. The molecular weight excluding hydrogens is 230 g/mol. The number of nitrogens with two attached hydrogens (primary N) is 1. The summed E-state index contributed by atoms with van der Waals surface area (Å²) in [6.45, 7) is 4.17. The Hall–Kier alpha value is -2.04. The van der Waals surface area contributed by atoms with E-state index in [1.54, 1.807) is 6.21 Å². The van der Waals surface area contributed by atoms with Gasteiger partial charge in [0.15, 0.2) is 0 Å². The maximum Gasteiger partial charge on any atom is 0.332 e. The topological polar surface area (TPSA) is 76.7 Å². The smallest absolute Gasteiger partial charge is 0.332 e. The molecule has 1 heterocycles. The number of ether oxygens (including phenoxy) is 1. The zero-order chi connectivity index (χ0) is 13.2. The first-order valence-corrected chi connectivity index (χ1v) is 5.87. The van der Waals surface area contributed by atoms with Gasteiger partial charge in [-0.1, -0.05) is 0 Å². The number of aryl methyl sites for hydroxylation is 1. The van der Waals surface area contributed by atoms with Crippen molar-refractivity contribution in [2.75, 3.05) is 0 Å². The van der Waals surface area contributed by atoms with Crippen LogP contribution in [0.3, 0.4) is 0 Å². The molecule has 0 aromatic heterocycles. The first-order valence-electron chi connectivity index (χ1n) is 5.87. The minimum atomic E-state index is -0.672. The van der Waals surface area contributed by atoms with Gasteiger partial charge < -0.3 is 10.5 Å². The SMILES string of the molecule is CC1(C)CCc2cc(C=NNC(N)=O)ccc2O1. The number of carbonyl (C=O) groups is 1. The van der Waals surface area contributed by atoms with Crippen molar-refractivity contribution in [3.05, 3.63) is 29.3 Å². The van der Waals surface area contributed by atoms with Crippen LogP contribution in [0.15, 0.2) is 23.3 Å². The molecule has 2 rings (SSSR count). The van der Waals surface area contributed by atoms with Gasteiger partial charge in [-0.3, -0.25) is 0 Å². The number of benzene rings is 1. The van der Waals surface area contributed by atoms with E-state index in [2.05, 4.69) is 24.4 Å². The zero-order valence-corrected chi connectivity index (χ0v) is 10.6. The number of amides is 2. The molecular formula is C13H17N3O2. The van der Waals surface area contributed by atoms with Crippen LogP contribution in [0.25, 0.3) is 0 Å². The first kappa shape index (κ1) is 12.4. The van der Waals surface area contributed by atoms with E-state index >= 15 is 0 Å². The highest BCUT2D eigenvalue weighted by atomic mass is 16.5. The van der Waals surface area contributed by atoms with E-state index in [4.69, 9.17) is 10.5 Å². The number of rotatable bonds is 2. The first-order chi connectivity index (χ1) is 8.46. The number of urea groups is 1. The van der Waals surface area contributed by atoms with E-state index in [1.807, 2.05) is 18.2 Å². The summed E-state index contributed by atoms with van der Waals surface area (Å²) in [6, 6.07) is 5.17. The summed E-state index contributed by atoms with van der Waals surface area (Å²) in [7, 11) is 0. The summed E-state index contributed by atoms with van der Waals surface area (Å²) in [5, 5.41) is 3.73. The molecule has 0 saturated carbocycles. The number of nitrogens with one attached hydrogen (secondary N) is 1. The molecule has 5 heteroatoms. The van der Waals surface area contributed by atoms with Crippen molar-refractivity contribution in [3.8, 4) is 5.75 Å². The predicted octanol–water partition coefficient (Wildman–Crippen LogP) is 1.79. The Kier molecular flexibility index (Phi) is 3.23. The number of hydrogen-bond acceptors (Lipinski definition) is 3. The van der Waals surface area contributed by atoms with Crippen molar-refractivity contribution < 1.29 is 9.53 Å². The minimum absolute atomic E-state index is 0.101. The van der Waals surface area contributed by atoms with Crippen molar-refractivity contribution in [1.82, 2.24) is 5.43 Å². The van der Waals surface area contributed by atoms with Gasteiger partial charge in [0.1, 0.15) is 11.4 Å². The van der Waals surface area contributed by atoms with Gasteiger partial charge in [-0.25, -0.2) is 10.2 Å². The van der Waals surface area contributed by atoms with E-state index in [-0.39, 0.29) is 5.60 Å². The Bertz CT molecular complexity index is 495. The third-order valence-corrected chi connectivity index (χ3v) is 2.86. The Balaban J connectivity index is 2.14. The van der Waals surface area contributed by atoms with Gasteiger partial charge in [-0.05, 0) is 56.0 Å². The maximum absolute atomic E-state index is 10.5. The second kappa shape index (κ2) is 4.68. The molecule has 0 atom stereocenters. The van der Waals surface area contributed by atoms with Crippen LogP contribution in [0.2, 0.25) is 0 Å². The van der Waals surface area contributed by atoms with Crippen LogP contribution in [0.5, 0.6) is 5.75 Å². The quantitative estimate of drug-likeness (QED) is 0.617. The highest BCUT2D eigenvalue weighted by Crippen LogP contribution is 2.33. The van der Waals surface area contributed by atoms with Crippen LogP contribution >= 0.6 is 0 Å². The standard InChI is InChI=1S/C13H17N3O2/c1-13(2)6-5-10-7-9(3-4-11(10)18-13)8-15-16-12(14)17/h3-4,7-8H,5-6H2,1-2H3,(H3,14,16,17). The van der Waals surface area contributed by atoms with Crippen LogP contribution in [0.1, 0.15) is 31.4 Å². The lowest BCUT2D eigenvalue weighted by Gasteiger charge is -2.32. The summed E-state index contributed by atoms with van der Waals surface area (Å²) in [6.07, 6.45) is 3.53. The highest BCUT2D eigenvalue weighted by molar-refractivity contribution is 5.82. The molecule has 1 aromatic rings. The van der Waals surface area contributed by atoms with Crippen molar-refractivity contribution in [1.29, 1.82) is 0 Å². The van der Waals surface area contributed by atoms with Gasteiger partial charge in [-0.2, -0.15) is 5.10 Å². The molecule has 1 aliphatic heterocycles. The van der Waals surface area contributed by atoms with Crippen LogP contribution in [-0.4, -0.2) is 17.8 Å². The molecule has 0 spiro atoms. The van der Waals surface area contributed by atoms with E-state index < -0.39 is 6.03 Å². The Labute approximate surface area is 106 Å². The van der Waals surface area contributed by atoms with Crippen LogP contribution in [0, 0.1) is 0 Å². The van der Waals surface area contributed by atoms with Crippen LogP contribution in [0.4, 0.5) is 4.79 Å². The van der Waals surface area contributed by atoms with E-state index in [0.717, 1.165) is 29.7 Å². The predicted molar refractivity (Wildman–Crippen MR) is 69.8 cm³/mol. The normalized spacial score (nSPS) is 17.0. The Morgan fingerprint density at radius 2 is 2.33 bits per heavy atom. The van der Waals surface area contributed by atoms with Crippen LogP contribution < -0.4 is 15.9 Å². The average molecular weight is 247 g/mol. The summed E-state index contributed by atoms with van der Waals surface area (Å²) in [5.41, 5.74) is 9.05. The van der Waals surface area contributed by atoms with Gasteiger partial charge in [0.05, 0.1) is 6.21 Å². The summed E-state index contributed by atoms with van der Waals surface area (Å²) in [5.74, 6) is 0.922. The fraction of sp³-hybridized carbons (Fsp3) is 0.385. The monoisotopic (exact) mass is 247 g/mol. The van der Waals surface area contributed by atoms with Gasteiger partial charge >= 0.3 is 6.03 Å². The second-order valence-corrected chi connectivity index (χ2v) is 4.96. The summed E-state index contributed by atoms with van der Waals surface area (Å²) in [4.78, 5) is 10.5. The Morgan fingerprint density at radius 3 is 3.06 bits per heavy atom. The number of nitrogens with zero attached hydrogens (tertiary/aromatic N) is 1. The lowest BCUT2D eigenvalue weighted by atomic mass is 9.93. The van der Waals surface area contributed by atoms with Gasteiger partial charge in [0.2, 0.25) is 0 Å². The lowest BCUT2D eigenvalue weighted by Crippen LogP contribution is -2.32. The number of primary amides is 1. The summed E-state index contributed by atoms with van der Waals surface area (Å²) < 4.78 is 5.88.